The van der Waals surface area contributed by atoms with E-state index in [-0.39, 0.29) is 22.9 Å². The van der Waals surface area contributed by atoms with E-state index in [9.17, 15) is 13.2 Å². The van der Waals surface area contributed by atoms with Crippen LogP contribution in [0.15, 0.2) is 65.7 Å². The van der Waals surface area contributed by atoms with Crippen molar-refractivity contribution in [3.8, 4) is 0 Å². The molecule has 2 aromatic carbocycles. The number of para-hydroxylation sites is 1. The number of pyridine rings is 1. The van der Waals surface area contributed by atoms with E-state index in [0.29, 0.717) is 22.7 Å². The fraction of sp³-hybridized carbons (Fsp3) is 0.407. The van der Waals surface area contributed by atoms with Gasteiger partial charge in [0.15, 0.2) is 0 Å². The summed E-state index contributed by atoms with van der Waals surface area (Å²) in [7, 11) is -3.85. The van der Waals surface area contributed by atoms with E-state index in [1.807, 2.05) is 17.0 Å². The summed E-state index contributed by atoms with van der Waals surface area (Å²) in [6.07, 6.45) is 2.68. The summed E-state index contributed by atoms with van der Waals surface area (Å²) in [6.45, 7) is 8.54. The zero-order valence-electron chi connectivity index (χ0n) is 20.6. The van der Waals surface area contributed by atoms with Gasteiger partial charge in [-0.1, -0.05) is 18.2 Å². The number of piperazine rings is 1. The molecule has 1 amide bonds. The van der Waals surface area contributed by atoms with Gasteiger partial charge in [0.25, 0.3) is 15.9 Å². The van der Waals surface area contributed by atoms with Gasteiger partial charge in [0.05, 0.1) is 12.1 Å². The smallest absolute Gasteiger partial charge is 0.264 e. The van der Waals surface area contributed by atoms with Gasteiger partial charge >= 0.3 is 0 Å². The Morgan fingerprint density at radius 1 is 1.06 bits per heavy atom. The molecule has 2 fully saturated rings. The second kappa shape index (κ2) is 10.2. The molecule has 3 unspecified atom stereocenters. The maximum absolute atomic E-state index is 13.4. The van der Waals surface area contributed by atoms with Crippen molar-refractivity contribution in [2.24, 2.45) is 5.92 Å². The Kier molecular flexibility index (Phi) is 6.96. The van der Waals surface area contributed by atoms with E-state index >= 15 is 0 Å². The highest BCUT2D eigenvalue weighted by molar-refractivity contribution is 7.93. The summed E-state index contributed by atoms with van der Waals surface area (Å²) in [6, 6.07) is 15.5. The maximum Gasteiger partial charge on any atom is 0.264 e. The third-order valence-electron chi connectivity index (χ3n) is 7.04. The average molecular weight is 509 g/mol. The largest absolute Gasteiger partial charge is 0.381 e. The number of carbonyl (C=O) groups excluding carboxylic acids is 1. The topological polar surface area (TPSA) is 91.8 Å². The van der Waals surface area contributed by atoms with Gasteiger partial charge in [-0.25, -0.2) is 8.42 Å². The normalized spacial score (nSPS) is 23.2. The number of sulfonamides is 1. The molecule has 3 aromatic rings. The number of nitrogens with zero attached hydrogens (tertiary/aromatic N) is 3. The van der Waals surface area contributed by atoms with Crippen LogP contribution in [0.1, 0.15) is 30.6 Å². The SMILES string of the molecule is CC1CN(CC2CCOC2)CC(C)N1C(=O)c1ccc(NS(=O)(=O)c2cccc3cccnc23)cc1. The third-order valence-corrected chi connectivity index (χ3v) is 8.45. The predicted molar refractivity (Wildman–Crippen MR) is 139 cm³/mol. The summed E-state index contributed by atoms with van der Waals surface area (Å²) >= 11 is 0. The van der Waals surface area contributed by atoms with E-state index in [2.05, 4.69) is 28.5 Å². The second-order valence-electron chi connectivity index (χ2n) is 9.87. The first-order valence-corrected chi connectivity index (χ1v) is 13.9. The molecule has 3 heterocycles. The molecule has 2 aliphatic heterocycles. The Morgan fingerprint density at radius 2 is 1.78 bits per heavy atom. The summed E-state index contributed by atoms with van der Waals surface area (Å²) < 4.78 is 34.3. The van der Waals surface area contributed by atoms with E-state index in [4.69, 9.17) is 4.74 Å². The number of fused-ring (bicyclic) bond motifs is 1. The molecule has 2 saturated heterocycles. The minimum atomic E-state index is -3.85. The van der Waals surface area contributed by atoms with Crippen LogP contribution in [0.2, 0.25) is 0 Å². The van der Waals surface area contributed by atoms with Gasteiger partial charge in [0.1, 0.15) is 4.90 Å². The summed E-state index contributed by atoms with van der Waals surface area (Å²) in [4.78, 5) is 22.1. The standard InChI is InChI=1S/C27H32N4O4S/c1-19-15-30(17-21-12-14-35-18-21)16-20(2)31(19)27(32)23-8-10-24(11-9-23)29-36(33,34)25-7-3-5-22-6-4-13-28-26(22)25/h3-11,13,19-21,29H,12,14-18H2,1-2H3. The van der Waals surface area contributed by atoms with Crippen molar-refractivity contribution in [1.82, 2.24) is 14.8 Å². The Labute approximate surface area is 212 Å². The third kappa shape index (κ3) is 5.09. The molecule has 0 bridgehead atoms. The van der Waals surface area contributed by atoms with Crippen molar-refractivity contribution < 1.29 is 17.9 Å². The first-order valence-electron chi connectivity index (χ1n) is 12.4. The van der Waals surface area contributed by atoms with Crippen molar-refractivity contribution in [2.45, 2.75) is 37.2 Å². The summed E-state index contributed by atoms with van der Waals surface area (Å²) in [5.74, 6) is 0.541. The molecule has 190 valence electrons. The van der Waals surface area contributed by atoms with Gasteiger partial charge in [0.2, 0.25) is 0 Å². The van der Waals surface area contributed by atoms with Crippen LogP contribution in [0.3, 0.4) is 0 Å². The molecule has 0 spiro atoms. The lowest BCUT2D eigenvalue weighted by Gasteiger charge is -2.45. The van der Waals surface area contributed by atoms with Crippen LogP contribution in [-0.2, 0) is 14.8 Å². The molecule has 0 saturated carbocycles. The number of benzene rings is 2. The Hall–Kier alpha value is -3.01. The number of rotatable bonds is 6. The minimum Gasteiger partial charge on any atom is -0.381 e. The van der Waals surface area contributed by atoms with Crippen LogP contribution in [0.25, 0.3) is 10.9 Å². The lowest BCUT2D eigenvalue weighted by molar-refractivity contribution is 0.0243. The van der Waals surface area contributed by atoms with Crippen LogP contribution in [0.5, 0.6) is 0 Å². The lowest BCUT2D eigenvalue weighted by atomic mass is 10.0. The van der Waals surface area contributed by atoms with Crippen molar-refractivity contribution in [2.75, 3.05) is 37.6 Å². The van der Waals surface area contributed by atoms with E-state index in [1.165, 1.54) is 6.07 Å². The second-order valence-corrected chi connectivity index (χ2v) is 11.5. The lowest BCUT2D eigenvalue weighted by Crippen LogP contribution is -2.59. The van der Waals surface area contributed by atoms with E-state index < -0.39 is 10.0 Å². The van der Waals surface area contributed by atoms with E-state index in [0.717, 1.165) is 44.7 Å². The number of anilines is 1. The first-order chi connectivity index (χ1) is 17.3. The fourth-order valence-electron chi connectivity index (χ4n) is 5.41. The molecule has 2 aliphatic rings. The molecule has 8 nitrogen and oxygen atoms in total. The number of aromatic nitrogens is 1. The van der Waals surface area contributed by atoms with Crippen molar-refractivity contribution in [1.29, 1.82) is 0 Å². The molecule has 1 aromatic heterocycles. The van der Waals surface area contributed by atoms with Crippen LogP contribution in [-0.4, -0.2) is 74.0 Å². The Balaban J connectivity index is 1.27. The highest BCUT2D eigenvalue weighted by Gasteiger charge is 2.34. The van der Waals surface area contributed by atoms with Crippen molar-refractivity contribution in [3.05, 3.63) is 66.4 Å². The van der Waals surface area contributed by atoms with Gasteiger partial charge in [0, 0.05) is 61.2 Å². The minimum absolute atomic E-state index is 0.0356. The summed E-state index contributed by atoms with van der Waals surface area (Å²) in [5, 5.41) is 0.751. The van der Waals surface area contributed by atoms with Crippen molar-refractivity contribution in [3.63, 3.8) is 0 Å². The number of ether oxygens (including phenoxy) is 1. The number of hydrogen-bond donors (Lipinski definition) is 1. The highest BCUT2D eigenvalue weighted by Crippen LogP contribution is 2.25. The van der Waals surface area contributed by atoms with Gasteiger partial charge in [-0.2, -0.15) is 0 Å². The predicted octanol–water partition coefficient (Wildman–Crippen LogP) is 3.61. The monoisotopic (exact) mass is 508 g/mol. The molecule has 1 N–H and O–H groups in total. The van der Waals surface area contributed by atoms with Gasteiger partial charge in [-0.15, -0.1) is 0 Å². The number of carbonyl (C=O) groups is 1. The van der Waals surface area contributed by atoms with Crippen LogP contribution in [0.4, 0.5) is 5.69 Å². The average Bonchev–Trinajstić information content (AvgIpc) is 3.36. The van der Waals surface area contributed by atoms with Gasteiger partial charge < -0.3 is 9.64 Å². The van der Waals surface area contributed by atoms with Gasteiger partial charge in [-0.3, -0.25) is 19.4 Å². The first kappa shape index (κ1) is 24.7. The zero-order valence-corrected chi connectivity index (χ0v) is 21.4. The number of nitrogens with one attached hydrogen (secondary N) is 1. The molecule has 36 heavy (non-hydrogen) atoms. The van der Waals surface area contributed by atoms with Gasteiger partial charge in [-0.05, 0) is 62.6 Å². The number of amides is 1. The fourth-order valence-corrected chi connectivity index (χ4v) is 6.65. The Bertz CT molecular complexity index is 1320. The molecule has 3 atom stereocenters. The summed E-state index contributed by atoms with van der Waals surface area (Å²) in [5.41, 5.74) is 1.35. The Morgan fingerprint density at radius 3 is 2.47 bits per heavy atom. The molecule has 0 aliphatic carbocycles. The molecule has 9 heteroatoms. The van der Waals surface area contributed by atoms with Crippen molar-refractivity contribution >= 4 is 32.5 Å². The van der Waals surface area contributed by atoms with E-state index in [1.54, 1.807) is 42.6 Å². The number of hydrogen-bond acceptors (Lipinski definition) is 6. The molecular weight excluding hydrogens is 476 g/mol. The maximum atomic E-state index is 13.4. The zero-order chi connectivity index (χ0) is 25.3. The van der Waals surface area contributed by atoms with Crippen LogP contribution < -0.4 is 4.72 Å². The quantitative estimate of drug-likeness (QED) is 0.547. The highest BCUT2D eigenvalue weighted by atomic mass is 32.2. The molecule has 5 rings (SSSR count). The molecule has 0 radical (unpaired) electrons. The van der Waals surface area contributed by atoms with Crippen LogP contribution in [0, 0.1) is 5.92 Å². The molecular formula is C27H32N4O4S. The van der Waals surface area contributed by atoms with Crippen LogP contribution >= 0.6 is 0 Å².